The van der Waals surface area contributed by atoms with E-state index in [1.165, 1.54) is 0 Å². The minimum atomic E-state index is -0.0510. The Morgan fingerprint density at radius 2 is 1.67 bits per heavy atom. The number of hydrogen-bond acceptors (Lipinski definition) is 7. The van der Waals surface area contributed by atoms with Crippen molar-refractivity contribution in [1.29, 1.82) is 0 Å². The SMILES string of the molecule is CN1CCN(C(=O)c2ccc(CSc3nc(N4CCOCC4)cc(C(C)(C)C)n3)cc2)CC1. The molecular formula is C25H35N5O2S. The highest BCUT2D eigenvalue weighted by Crippen LogP contribution is 2.29. The van der Waals surface area contributed by atoms with Crippen LogP contribution in [0.5, 0.6) is 0 Å². The third-order valence-electron chi connectivity index (χ3n) is 6.15. The molecule has 4 rings (SSSR count). The molecule has 2 saturated heterocycles. The Morgan fingerprint density at radius 1 is 1.00 bits per heavy atom. The summed E-state index contributed by atoms with van der Waals surface area (Å²) in [6.07, 6.45) is 0. The Labute approximate surface area is 201 Å². The second kappa shape index (κ2) is 10.4. The van der Waals surface area contributed by atoms with Gasteiger partial charge in [-0.2, -0.15) is 0 Å². The van der Waals surface area contributed by atoms with Gasteiger partial charge in [-0.25, -0.2) is 9.97 Å². The van der Waals surface area contributed by atoms with Crippen molar-refractivity contribution < 1.29 is 9.53 Å². The fourth-order valence-electron chi connectivity index (χ4n) is 3.90. The number of hydrogen-bond donors (Lipinski definition) is 0. The molecule has 1 amide bonds. The number of aromatic nitrogens is 2. The number of morpholine rings is 1. The molecule has 0 saturated carbocycles. The molecule has 2 aliphatic heterocycles. The maximum absolute atomic E-state index is 12.8. The second-order valence-corrected chi connectivity index (χ2v) is 10.8. The smallest absolute Gasteiger partial charge is 0.253 e. The maximum Gasteiger partial charge on any atom is 0.253 e. The molecule has 178 valence electrons. The maximum atomic E-state index is 12.8. The molecule has 8 heteroatoms. The van der Waals surface area contributed by atoms with Crippen LogP contribution in [0.25, 0.3) is 0 Å². The summed E-state index contributed by atoms with van der Waals surface area (Å²) in [6, 6.07) is 10.1. The molecule has 7 nitrogen and oxygen atoms in total. The van der Waals surface area contributed by atoms with Gasteiger partial charge in [-0.1, -0.05) is 44.7 Å². The molecule has 2 fully saturated rings. The lowest BCUT2D eigenvalue weighted by atomic mass is 9.92. The average molecular weight is 470 g/mol. The summed E-state index contributed by atoms with van der Waals surface area (Å²) in [6.45, 7) is 13.2. The summed E-state index contributed by atoms with van der Waals surface area (Å²) in [4.78, 5) is 29.0. The number of carbonyl (C=O) groups is 1. The zero-order chi connectivity index (χ0) is 23.4. The molecule has 1 aromatic carbocycles. The van der Waals surface area contributed by atoms with E-state index in [9.17, 15) is 4.79 Å². The molecule has 0 spiro atoms. The van der Waals surface area contributed by atoms with E-state index in [2.05, 4.69) is 43.7 Å². The molecule has 2 aliphatic rings. The predicted octanol–water partition coefficient (Wildman–Crippen LogP) is 3.29. The molecule has 3 heterocycles. The Hall–Kier alpha value is -2.16. The van der Waals surface area contributed by atoms with Gasteiger partial charge in [0.25, 0.3) is 5.91 Å². The Morgan fingerprint density at radius 3 is 2.30 bits per heavy atom. The normalized spacial score (nSPS) is 17.9. The van der Waals surface area contributed by atoms with Gasteiger partial charge in [-0.3, -0.25) is 4.79 Å². The number of anilines is 1. The van der Waals surface area contributed by atoms with E-state index in [1.807, 2.05) is 29.2 Å². The van der Waals surface area contributed by atoms with Crippen LogP contribution in [-0.4, -0.2) is 85.2 Å². The van der Waals surface area contributed by atoms with Crippen LogP contribution in [0.3, 0.4) is 0 Å². The average Bonchev–Trinajstić information content (AvgIpc) is 2.83. The van der Waals surface area contributed by atoms with Crippen LogP contribution in [0.4, 0.5) is 5.82 Å². The number of benzene rings is 1. The van der Waals surface area contributed by atoms with Crippen molar-refractivity contribution >= 4 is 23.5 Å². The Balaban J connectivity index is 1.43. The van der Waals surface area contributed by atoms with E-state index < -0.39 is 0 Å². The second-order valence-electron chi connectivity index (χ2n) is 9.82. The highest BCUT2D eigenvalue weighted by molar-refractivity contribution is 7.98. The molecular weight excluding hydrogens is 434 g/mol. The first-order chi connectivity index (χ1) is 15.8. The fourth-order valence-corrected chi connectivity index (χ4v) is 4.71. The van der Waals surface area contributed by atoms with Crippen LogP contribution in [-0.2, 0) is 15.9 Å². The lowest BCUT2D eigenvalue weighted by Crippen LogP contribution is -2.47. The van der Waals surface area contributed by atoms with E-state index >= 15 is 0 Å². The zero-order valence-corrected chi connectivity index (χ0v) is 21.0. The lowest BCUT2D eigenvalue weighted by Gasteiger charge is -2.32. The van der Waals surface area contributed by atoms with Crippen LogP contribution in [0.1, 0.15) is 42.4 Å². The molecule has 0 radical (unpaired) electrons. The topological polar surface area (TPSA) is 61.8 Å². The number of amides is 1. The monoisotopic (exact) mass is 469 g/mol. The first kappa shape index (κ1) is 24.0. The third-order valence-corrected chi connectivity index (χ3v) is 7.07. The summed E-state index contributed by atoms with van der Waals surface area (Å²) in [5.74, 6) is 1.87. The molecule has 0 aliphatic carbocycles. The van der Waals surface area contributed by atoms with Crippen molar-refractivity contribution in [1.82, 2.24) is 19.8 Å². The van der Waals surface area contributed by atoms with Gasteiger partial charge < -0.3 is 19.4 Å². The van der Waals surface area contributed by atoms with Gasteiger partial charge >= 0.3 is 0 Å². The van der Waals surface area contributed by atoms with Gasteiger partial charge in [0, 0.05) is 62.1 Å². The summed E-state index contributed by atoms with van der Waals surface area (Å²) < 4.78 is 5.50. The first-order valence-electron chi connectivity index (χ1n) is 11.7. The molecule has 0 unspecified atom stereocenters. The summed E-state index contributed by atoms with van der Waals surface area (Å²) >= 11 is 1.64. The van der Waals surface area contributed by atoms with E-state index in [0.29, 0.717) is 0 Å². The quantitative estimate of drug-likeness (QED) is 0.492. The fraction of sp³-hybridized carbons (Fsp3) is 0.560. The molecule has 0 atom stereocenters. The molecule has 0 bridgehead atoms. The predicted molar refractivity (Wildman–Crippen MR) is 133 cm³/mol. The van der Waals surface area contributed by atoms with Crippen molar-refractivity contribution in [2.75, 3.05) is 64.4 Å². The van der Waals surface area contributed by atoms with E-state index in [4.69, 9.17) is 14.7 Å². The number of piperazine rings is 1. The van der Waals surface area contributed by atoms with Crippen molar-refractivity contribution in [2.24, 2.45) is 0 Å². The van der Waals surface area contributed by atoms with Crippen LogP contribution >= 0.6 is 11.8 Å². The molecule has 33 heavy (non-hydrogen) atoms. The number of thioether (sulfide) groups is 1. The van der Waals surface area contributed by atoms with E-state index in [0.717, 1.165) is 86.0 Å². The number of ether oxygens (including phenoxy) is 1. The van der Waals surface area contributed by atoms with Crippen molar-refractivity contribution in [2.45, 2.75) is 37.1 Å². The largest absolute Gasteiger partial charge is 0.378 e. The summed E-state index contributed by atoms with van der Waals surface area (Å²) in [7, 11) is 2.10. The van der Waals surface area contributed by atoms with E-state index in [-0.39, 0.29) is 11.3 Å². The number of nitrogens with zero attached hydrogens (tertiary/aromatic N) is 5. The van der Waals surface area contributed by atoms with Crippen molar-refractivity contribution in [3.8, 4) is 0 Å². The standard InChI is InChI=1S/C25H35N5O2S/c1-25(2,3)21-17-22(29-13-15-32-16-14-29)27-24(26-21)33-18-19-5-7-20(8-6-19)23(31)30-11-9-28(4)10-12-30/h5-8,17H,9-16,18H2,1-4H3. The van der Waals surface area contributed by atoms with Gasteiger partial charge in [-0.15, -0.1) is 0 Å². The molecule has 2 aromatic rings. The highest BCUT2D eigenvalue weighted by Gasteiger charge is 2.22. The highest BCUT2D eigenvalue weighted by atomic mass is 32.2. The van der Waals surface area contributed by atoms with Gasteiger partial charge in [-0.05, 0) is 24.7 Å². The zero-order valence-electron chi connectivity index (χ0n) is 20.2. The van der Waals surface area contributed by atoms with Gasteiger partial charge in [0.1, 0.15) is 5.82 Å². The van der Waals surface area contributed by atoms with Gasteiger partial charge in [0.2, 0.25) is 0 Å². The number of rotatable bonds is 5. The molecule has 1 aromatic heterocycles. The summed E-state index contributed by atoms with van der Waals surface area (Å²) in [5, 5.41) is 0.793. The third kappa shape index (κ3) is 6.25. The van der Waals surface area contributed by atoms with Crippen LogP contribution in [0.2, 0.25) is 0 Å². The van der Waals surface area contributed by atoms with E-state index in [1.54, 1.807) is 11.8 Å². The summed E-state index contributed by atoms with van der Waals surface area (Å²) in [5.41, 5.74) is 2.92. The first-order valence-corrected chi connectivity index (χ1v) is 12.7. The minimum absolute atomic E-state index is 0.0510. The van der Waals surface area contributed by atoms with Crippen molar-refractivity contribution in [3.63, 3.8) is 0 Å². The van der Waals surface area contributed by atoms with Gasteiger partial charge in [0.05, 0.1) is 18.9 Å². The van der Waals surface area contributed by atoms with Crippen LogP contribution in [0, 0.1) is 0 Å². The Kier molecular flexibility index (Phi) is 7.56. The Bertz CT molecular complexity index is 946. The molecule has 0 N–H and O–H groups in total. The number of carbonyl (C=O) groups excluding carboxylic acids is 1. The number of likely N-dealkylation sites (N-methyl/N-ethyl adjacent to an activating group) is 1. The van der Waals surface area contributed by atoms with Crippen LogP contribution in [0.15, 0.2) is 35.5 Å². The lowest BCUT2D eigenvalue weighted by molar-refractivity contribution is 0.0664. The minimum Gasteiger partial charge on any atom is -0.378 e. The van der Waals surface area contributed by atoms with Crippen molar-refractivity contribution in [3.05, 3.63) is 47.2 Å². The van der Waals surface area contributed by atoms with Crippen LogP contribution < -0.4 is 4.90 Å². The van der Waals surface area contributed by atoms with Gasteiger partial charge in [0.15, 0.2) is 5.16 Å².